The molecule has 0 aromatic heterocycles. The number of ether oxygens (including phenoxy) is 1. The molecule has 2 N–H and O–H groups in total. The van der Waals surface area contributed by atoms with Gasteiger partial charge >= 0.3 is 11.8 Å². The Balaban J connectivity index is 1.95. The SMILES string of the molecule is CC[C@H](C)NC(=O)C(=O)N/N=C\c1ccccc1OCc1cccc(F)c1. The van der Waals surface area contributed by atoms with Crippen LogP contribution in [0.1, 0.15) is 31.4 Å². The van der Waals surface area contributed by atoms with Crippen molar-refractivity contribution in [1.82, 2.24) is 10.7 Å². The summed E-state index contributed by atoms with van der Waals surface area (Å²) < 4.78 is 18.9. The molecule has 27 heavy (non-hydrogen) atoms. The lowest BCUT2D eigenvalue weighted by Crippen LogP contribution is -2.41. The molecule has 2 aromatic rings. The topological polar surface area (TPSA) is 79.8 Å². The van der Waals surface area contributed by atoms with Gasteiger partial charge in [-0.15, -0.1) is 0 Å². The zero-order valence-electron chi connectivity index (χ0n) is 15.2. The van der Waals surface area contributed by atoms with E-state index in [9.17, 15) is 14.0 Å². The maximum atomic E-state index is 13.2. The number of hydrazone groups is 1. The highest BCUT2D eigenvalue weighted by molar-refractivity contribution is 6.35. The lowest BCUT2D eigenvalue weighted by molar-refractivity contribution is -0.139. The number of amides is 2. The molecule has 7 heteroatoms. The summed E-state index contributed by atoms with van der Waals surface area (Å²) in [6, 6.07) is 13.1. The van der Waals surface area contributed by atoms with E-state index >= 15 is 0 Å². The molecule has 2 aromatic carbocycles. The van der Waals surface area contributed by atoms with Crippen LogP contribution in [0.4, 0.5) is 4.39 Å². The van der Waals surface area contributed by atoms with Crippen LogP contribution in [0.15, 0.2) is 53.6 Å². The summed E-state index contributed by atoms with van der Waals surface area (Å²) in [6.45, 7) is 3.90. The van der Waals surface area contributed by atoms with Gasteiger partial charge in [0.15, 0.2) is 0 Å². The number of hydrogen-bond donors (Lipinski definition) is 2. The summed E-state index contributed by atoms with van der Waals surface area (Å²) in [7, 11) is 0. The number of benzene rings is 2. The summed E-state index contributed by atoms with van der Waals surface area (Å²) in [4.78, 5) is 23.4. The van der Waals surface area contributed by atoms with Crippen molar-refractivity contribution in [1.29, 1.82) is 0 Å². The molecule has 2 rings (SSSR count). The number of nitrogens with zero attached hydrogens (tertiary/aromatic N) is 1. The maximum Gasteiger partial charge on any atom is 0.329 e. The normalized spacial score (nSPS) is 11.8. The quantitative estimate of drug-likeness (QED) is 0.446. The van der Waals surface area contributed by atoms with E-state index in [0.29, 0.717) is 16.9 Å². The zero-order chi connectivity index (χ0) is 19.6. The predicted octanol–water partition coefficient (Wildman–Crippen LogP) is 2.77. The summed E-state index contributed by atoms with van der Waals surface area (Å²) in [5.41, 5.74) is 3.48. The van der Waals surface area contributed by atoms with Gasteiger partial charge in [0.1, 0.15) is 18.2 Å². The van der Waals surface area contributed by atoms with Crippen LogP contribution in [0.2, 0.25) is 0 Å². The van der Waals surface area contributed by atoms with E-state index in [1.165, 1.54) is 18.3 Å². The zero-order valence-corrected chi connectivity index (χ0v) is 15.2. The number of rotatable bonds is 7. The first-order chi connectivity index (χ1) is 13.0. The van der Waals surface area contributed by atoms with Crippen LogP contribution in [0.3, 0.4) is 0 Å². The van der Waals surface area contributed by atoms with Crippen LogP contribution >= 0.6 is 0 Å². The van der Waals surface area contributed by atoms with Crippen molar-refractivity contribution in [2.24, 2.45) is 5.10 Å². The third-order valence-electron chi connectivity index (χ3n) is 3.77. The fraction of sp³-hybridized carbons (Fsp3) is 0.250. The van der Waals surface area contributed by atoms with Crippen LogP contribution in [0, 0.1) is 5.82 Å². The second-order valence-corrected chi connectivity index (χ2v) is 5.94. The van der Waals surface area contributed by atoms with Gasteiger partial charge in [0, 0.05) is 11.6 Å². The lowest BCUT2D eigenvalue weighted by atomic mass is 10.2. The van der Waals surface area contributed by atoms with Gasteiger partial charge in [-0.2, -0.15) is 5.10 Å². The standard InChI is InChI=1S/C20H22FN3O3/c1-3-14(2)23-19(25)20(26)24-22-12-16-8-4-5-10-18(16)27-13-15-7-6-9-17(21)11-15/h4-12,14H,3,13H2,1-2H3,(H,23,25)(H,24,26)/b22-12-/t14-/m0/s1. The van der Waals surface area contributed by atoms with Crippen molar-refractivity contribution in [3.63, 3.8) is 0 Å². The third-order valence-corrected chi connectivity index (χ3v) is 3.77. The van der Waals surface area contributed by atoms with E-state index in [0.717, 1.165) is 6.42 Å². The number of nitrogens with one attached hydrogen (secondary N) is 2. The number of carbonyl (C=O) groups excluding carboxylic acids is 2. The van der Waals surface area contributed by atoms with Crippen molar-refractivity contribution in [2.45, 2.75) is 32.9 Å². The predicted molar refractivity (Wildman–Crippen MR) is 101 cm³/mol. The summed E-state index contributed by atoms with van der Waals surface area (Å²) in [5.74, 6) is -1.39. The molecule has 0 bridgehead atoms. The maximum absolute atomic E-state index is 13.2. The molecular weight excluding hydrogens is 349 g/mol. The largest absolute Gasteiger partial charge is 0.488 e. The Morgan fingerprint density at radius 3 is 2.70 bits per heavy atom. The molecule has 0 saturated heterocycles. The average molecular weight is 371 g/mol. The van der Waals surface area contributed by atoms with Crippen LogP contribution in [0.25, 0.3) is 0 Å². The van der Waals surface area contributed by atoms with Crippen LogP contribution in [-0.2, 0) is 16.2 Å². The molecule has 142 valence electrons. The van der Waals surface area contributed by atoms with E-state index in [-0.39, 0.29) is 18.5 Å². The van der Waals surface area contributed by atoms with Crippen LogP contribution in [0.5, 0.6) is 5.75 Å². The molecular formula is C20H22FN3O3. The smallest absolute Gasteiger partial charge is 0.329 e. The molecule has 0 heterocycles. The first-order valence-corrected chi connectivity index (χ1v) is 8.59. The number of para-hydroxylation sites is 1. The lowest BCUT2D eigenvalue weighted by Gasteiger charge is -2.10. The van der Waals surface area contributed by atoms with Gasteiger partial charge in [0.05, 0.1) is 6.21 Å². The number of carbonyl (C=O) groups is 2. The van der Waals surface area contributed by atoms with E-state index in [1.54, 1.807) is 43.3 Å². The highest BCUT2D eigenvalue weighted by atomic mass is 19.1. The molecule has 2 amide bonds. The average Bonchev–Trinajstić information content (AvgIpc) is 2.67. The van der Waals surface area contributed by atoms with Crippen molar-refractivity contribution >= 4 is 18.0 Å². The molecule has 0 aliphatic heterocycles. The fourth-order valence-electron chi connectivity index (χ4n) is 2.11. The van der Waals surface area contributed by atoms with Gasteiger partial charge in [0.2, 0.25) is 0 Å². The highest BCUT2D eigenvalue weighted by Crippen LogP contribution is 2.17. The van der Waals surface area contributed by atoms with Crippen molar-refractivity contribution < 1.29 is 18.7 Å². The number of halogens is 1. The highest BCUT2D eigenvalue weighted by Gasteiger charge is 2.14. The molecule has 0 fully saturated rings. The molecule has 0 aliphatic carbocycles. The summed E-state index contributed by atoms with van der Waals surface area (Å²) in [6.07, 6.45) is 2.10. The Labute approximate surface area is 157 Å². The van der Waals surface area contributed by atoms with Gasteiger partial charge < -0.3 is 10.1 Å². The van der Waals surface area contributed by atoms with E-state index < -0.39 is 11.8 Å². The minimum absolute atomic E-state index is 0.0934. The van der Waals surface area contributed by atoms with Gasteiger partial charge in [0.25, 0.3) is 0 Å². The first kappa shape index (κ1) is 20.1. The first-order valence-electron chi connectivity index (χ1n) is 8.59. The van der Waals surface area contributed by atoms with E-state index in [2.05, 4.69) is 15.8 Å². The Bertz CT molecular complexity index is 824. The van der Waals surface area contributed by atoms with Gasteiger partial charge in [-0.1, -0.05) is 31.2 Å². The van der Waals surface area contributed by atoms with E-state index in [4.69, 9.17) is 4.74 Å². The molecule has 0 radical (unpaired) electrons. The van der Waals surface area contributed by atoms with Crippen LogP contribution in [-0.4, -0.2) is 24.1 Å². The number of hydrogen-bond acceptors (Lipinski definition) is 4. The third kappa shape index (κ3) is 6.54. The summed E-state index contributed by atoms with van der Waals surface area (Å²) in [5, 5.41) is 6.35. The molecule has 0 saturated carbocycles. The second kappa shape index (κ2) is 10.1. The van der Waals surface area contributed by atoms with Crippen molar-refractivity contribution in [3.8, 4) is 5.75 Å². The fourth-order valence-corrected chi connectivity index (χ4v) is 2.11. The van der Waals surface area contributed by atoms with Gasteiger partial charge in [-0.3, -0.25) is 9.59 Å². The van der Waals surface area contributed by atoms with Gasteiger partial charge in [-0.25, -0.2) is 9.82 Å². The Kier molecular flexibility index (Phi) is 7.49. The molecule has 6 nitrogen and oxygen atoms in total. The Hall–Kier alpha value is -3.22. The minimum atomic E-state index is -0.843. The molecule has 0 spiro atoms. The molecule has 1 atom stereocenters. The van der Waals surface area contributed by atoms with Crippen LogP contribution < -0.4 is 15.5 Å². The molecule has 0 aliphatic rings. The van der Waals surface area contributed by atoms with Gasteiger partial charge in [-0.05, 0) is 43.2 Å². The van der Waals surface area contributed by atoms with Crippen molar-refractivity contribution in [2.75, 3.05) is 0 Å². The summed E-state index contributed by atoms with van der Waals surface area (Å²) >= 11 is 0. The molecule has 0 unspecified atom stereocenters. The monoisotopic (exact) mass is 371 g/mol. The Morgan fingerprint density at radius 1 is 1.19 bits per heavy atom. The Morgan fingerprint density at radius 2 is 1.96 bits per heavy atom. The minimum Gasteiger partial charge on any atom is -0.488 e. The van der Waals surface area contributed by atoms with Crippen molar-refractivity contribution in [3.05, 3.63) is 65.5 Å². The second-order valence-electron chi connectivity index (χ2n) is 5.94. The van der Waals surface area contributed by atoms with E-state index in [1.807, 2.05) is 6.92 Å².